The lowest BCUT2D eigenvalue weighted by Gasteiger charge is -2.03. The molecule has 0 saturated heterocycles. The molecule has 1 aromatic rings. The summed E-state index contributed by atoms with van der Waals surface area (Å²) in [5.74, 6) is -1.54. The quantitative estimate of drug-likeness (QED) is 0.697. The molecule has 0 aliphatic rings. The van der Waals surface area contributed by atoms with Crippen molar-refractivity contribution in [3.63, 3.8) is 0 Å². The molecule has 1 heterocycles. The molecule has 0 fully saturated rings. The van der Waals surface area contributed by atoms with Gasteiger partial charge in [-0.05, 0) is 12.1 Å². The number of thiophene rings is 1. The SMILES string of the molecule is COC(=O)CCNS(=O)(=O)c1ccc(CC(=O)O)s1. The van der Waals surface area contributed by atoms with E-state index in [1.54, 1.807) is 0 Å². The number of carbonyl (C=O) groups is 2. The molecular formula is C10H13NO6S2. The molecule has 0 aliphatic heterocycles. The van der Waals surface area contributed by atoms with Crippen molar-refractivity contribution < 1.29 is 27.9 Å². The zero-order chi connectivity index (χ0) is 14.5. The second-order valence-corrected chi connectivity index (χ2v) is 6.68. The van der Waals surface area contributed by atoms with Gasteiger partial charge in [-0.25, -0.2) is 13.1 Å². The molecule has 19 heavy (non-hydrogen) atoms. The largest absolute Gasteiger partial charge is 0.481 e. The summed E-state index contributed by atoms with van der Waals surface area (Å²) in [5, 5.41) is 8.60. The van der Waals surface area contributed by atoms with Gasteiger partial charge in [-0.1, -0.05) is 0 Å². The van der Waals surface area contributed by atoms with E-state index in [-0.39, 0.29) is 23.6 Å². The summed E-state index contributed by atoms with van der Waals surface area (Å²) in [6, 6.07) is 2.79. The number of aliphatic carboxylic acids is 1. The first-order valence-corrected chi connectivity index (χ1v) is 7.52. The number of hydrogen-bond donors (Lipinski definition) is 2. The number of sulfonamides is 1. The fourth-order valence-electron chi connectivity index (χ4n) is 1.21. The summed E-state index contributed by atoms with van der Waals surface area (Å²) in [4.78, 5) is 21.8. The van der Waals surface area contributed by atoms with E-state index >= 15 is 0 Å². The minimum absolute atomic E-state index is 0.0219. The molecule has 1 rings (SSSR count). The van der Waals surface area contributed by atoms with Crippen LogP contribution in [0.4, 0.5) is 0 Å². The minimum atomic E-state index is -3.71. The maximum atomic E-state index is 11.8. The summed E-state index contributed by atoms with van der Waals surface area (Å²) in [7, 11) is -2.49. The lowest BCUT2D eigenvalue weighted by Crippen LogP contribution is -2.25. The van der Waals surface area contributed by atoms with Gasteiger partial charge in [-0.15, -0.1) is 11.3 Å². The van der Waals surface area contributed by atoms with E-state index < -0.39 is 22.0 Å². The van der Waals surface area contributed by atoms with Crippen molar-refractivity contribution in [1.82, 2.24) is 4.72 Å². The van der Waals surface area contributed by atoms with Crippen molar-refractivity contribution in [3.05, 3.63) is 17.0 Å². The van der Waals surface area contributed by atoms with Gasteiger partial charge in [0.15, 0.2) is 0 Å². The van der Waals surface area contributed by atoms with Gasteiger partial charge in [0.05, 0.1) is 20.0 Å². The topological polar surface area (TPSA) is 110 Å². The van der Waals surface area contributed by atoms with Crippen molar-refractivity contribution >= 4 is 33.3 Å². The van der Waals surface area contributed by atoms with Crippen molar-refractivity contribution in [3.8, 4) is 0 Å². The normalized spacial score (nSPS) is 11.2. The van der Waals surface area contributed by atoms with Gasteiger partial charge in [0.1, 0.15) is 4.21 Å². The molecular weight excluding hydrogens is 294 g/mol. The fraction of sp³-hybridized carbons (Fsp3) is 0.400. The average molecular weight is 307 g/mol. The predicted octanol–water partition coefficient (Wildman–Crippen LogP) is 0.217. The number of esters is 1. The number of hydrogen-bond acceptors (Lipinski definition) is 6. The maximum absolute atomic E-state index is 11.8. The third-order valence-electron chi connectivity index (χ3n) is 2.08. The Bertz CT molecular complexity index is 562. The summed E-state index contributed by atoms with van der Waals surface area (Å²) in [6.45, 7) is -0.0683. The number of carbonyl (C=O) groups excluding carboxylic acids is 1. The van der Waals surface area contributed by atoms with Gasteiger partial charge in [0.2, 0.25) is 10.0 Å². The molecule has 0 saturated carbocycles. The van der Waals surface area contributed by atoms with Crippen LogP contribution in [0.25, 0.3) is 0 Å². The van der Waals surface area contributed by atoms with Crippen LogP contribution in [0.3, 0.4) is 0 Å². The first-order chi connectivity index (χ1) is 8.85. The molecule has 0 amide bonds. The Morgan fingerprint density at radius 1 is 1.42 bits per heavy atom. The zero-order valence-corrected chi connectivity index (χ0v) is 11.7. The molecule has 106 valence electrons. The Hall–Kier alpha value is -1.45. The standard InChI is InChI=1S/C10H13NO6S2/c1-17-9(14)4-5-11-19(15,16)10-3-2-7(18-10)6-8(12)13/h2-3,11H,4-6H2,1H3,(H,12,13). The van der Waals surface area contributed by atoms with Crippen LogP contribution < -0.4 is 4.72 Å². The highest BCUT2D eigenvalue weighted by Crippen LogP contribution is 2.21. The Morgan fingerprint density at radius 2 is 2.11 bits per heavy atom. The highest BCUT2D eigenvalue weighted by Gasteiger charge is 2.17. The summed E-state index contributed by atoms with van der Waals surface area (Å²) in [5.41, 5.74) is 0. The van der Waals surface area contributed by atoms with Gasteiger partial charge in [0, 0.05) is 11.4 Å². The van der Waals surface area contributed by atoms with E-state index in [2.05, 4.69) is 9.46 Å². The monoisotopic (exact) mass is 307 g/mol. The lowest BCUT2D eigenvalue weighted by atomic mass is 10.3. The Kier molecular flexibility index (Phi) is 5.45. The molecule has 1 aromatic heterocycles. The van der Waals surface area contributed by atoms with E-state index in [0.717, 1.165) is 11.3 Å². The molecule has 0 unspecified atom stereocenters. The highest BCUT2D eigenvalue weighted by atomic mass is 32.2. The second kappa shape index (κ2) is 6.64. The fourth-order valence-corrected chi connectivity index (χ4v) is 3.63. The van der Waals surface area contributed by atoms with Crippen molar-refractivity contribution in [2.75, 3.05) is 13.7 Å². The van der Waals surface area contributed by atoms with E-state index in [0.29, 0.717) is 4.88 Å². The van der Waals surface area contributed by atoms with E-state index in [1.165, 1.54) is 19.2 Å². The lowest BCUT2D eigenvalue weighted by molar-refractivity contribution is -0.140. The van der Waals surface area contributed by atoms with Gasteiger partial charge < -0.3 is 9.84 Å². The van der Waals surface area contributed by atoms with Crippen LogP contribution in [0, 0.1) is 0 Å². The third kappa shape index (κ3) is 4.97. The minimum Gasteiger partial charge on any atom is -0.481 e. The summed E-state index contributed by atoms with van der Waals surface area (Å²) >= 11 is 0.885. The molecule has 0 aliphatic carbocycles. The van der Waals surface area contributed by atoms with Gasteiger partial charge >= 0.3 is 11.9 Å². The van der Waals surface area contributed by atoms with Crippen molar-refractivity contribution in [2.24, 2.45) is 0 Å². The number of carboxylic acid groups (broad SMARTS) is 1. The first kappa shape index (κ1) is 15.6. The Labute approximate surface area is 114 Å². The average Bonchev–Trinajstić information content (AvgIpc) is 2.76. The number of ether oxygens (including phenoxy) is 1. The van der Waals surface area contributed by atoms with Gasteiger partial charge in [-0.3, -0.25) is 9.59 Å². The van der Waals surface area contributed by atoms with Crippen LogP contribution in [0.5, 0.6) is 0 Å². The molecule has 0 bridgehead atoms. The molecule has 0 spiro atoms. The van der Waals surface area contributed by atoms with Crippen LogP contribution in [-0.4, -0.2) is 39.1 Å². The van der Waals surface area contributed by atoms with Gasteiger partial charge in [-0.2, -0.15) is 0 Å². The Morgan fingerprint density at radius 3 is 2.68 bits per heavy atom. The molecule has 7 nitrogen and oxygen atoms in total. The maximum Gasteiger partial charge on any atom is 0.308 e. The summed E-state index contributed by atoms with van der Waals surface area (Å²) in [6.07, 6.45) is -0.286. The molecule has 0 aromatic carbocycles. The van der Waals surface area contributed by atoms with E-state index in [9.17, 15) is 18.0 Å². The second-order valence-electron chi connectivity index (χ2n) is 3.52. The van der Waals surface area contributed by atoms with Crippen molar-refractivity contribution in [2.45, 2.75) is 17.1 Å². The predicted molar refractivity (Wildman–Crippen MR) is 67.5 cm³/mol. The smallest absolute Gasteiger partial charge is 0.308 e. The van der Waals surface area contributed by atoms with Gasteiger partial charge in [0.25, 0.3) is 0 Å². The molecule has 2 N–H and O–H groups in total. The van der Waals surface area contributed by atoms with Crippen LogP contribution in [0.1, 0.15) is 11.3 Å². The number of carboxylic acids is 1. The van der Waals surface area contributed by atoms with Crippen LogP contribution in [0.2, 0.25) is 0 Å². The first-order valence-electron chi connectivity index (χ1n) is 5.22. The molecule has 0 atom stereocenters. The van der Waals surface area contributed by atoms with Crippen LogP contribution in [-0.2, 0) is 30.8 Å². The van der Waals surface area contributed by atoms with Crippen molar-refractivity contribution in [1.29, 1.82) is 0 Å². The number of methoxy groups -OCH3 is 1. The third-order valence-corrected chi connectivity index (χ3v) is 5.11. The zero-order valence-electron chi connectivity index (χ0n) is 10.1. The van der Waals surface area contributed by atoms with Crippen LogP contribution >= 0.6 is 11.3 Å². The van der Waals surface area contributed by atoms with Crippen LogP contribution in [0.15, 0.2) is 16.3 Å². The molecule has 9 heteroatoms. The Balaban J connectivity index is 2.64. The molecule has 0 radical (unpaired) electrons. The summed E-state index contributed by atoms with van der Waals surface area (Å²) < 4.78 is 30.2. The van der Waals surface area contributed by atoms with E-state index in [1.807, 2.05) is 0 Å². The highest BCUT2D eigenvalue weighted by molar-refractivity contribution is 7.91. The number of nitrogens with one attached hydrogen (secondary N) is 1. The van der Waals surface area contributed by atoms with E-state index in [4.69, 9.17) is 5.11 Å². The number of rotatable bonds is 7.